The third-order valence-electron chi connectivity index (χ3n) is 3.30. The van der Waals surface area contributed by atoms with Crippen molar-refractivity contribution in [2.45, 2.75) is 25.8 Å². The second-order valence-electron chi connectivity index (χ2n) is 4.84. The summed E-state index contributed by atoms with van der Waals surface area (Å²) >= 11 is 0. The number of nitrogens with two attached hydrogens (primary N) is 2. The van der Waals surface area contributed by atoms with Crippen LogP contribution in [0.3, 0.4) is 0 Å². The number of aliphatic carboxylic acids is 1. The number of carboxylic acid groups (broad SMARTS) is 1. The van der Waals surface area contributed by atoms with Crippen LogP contribution >= 0.6 is 12.4 Å². The van der Waals surface area contributed by atoms with Gasteiger partial charge in [-0.3, -0.25) is 9.59 Å². The Morgan fingerprint density at radius 1 is 1.30 bits per heavy atom. The predicted molar refractivity (Wildman–Crippen MR) is 79.8 cm³/mol. The topological polar surface area (TPSA) is 106 Å². The Bertz CT molecular complexity index is 453. The molecule has 0 saturated heterocycles. The lowest BCUT2D eigenvalue weighted by atomic mass is 9.78. The molecular weight excluding hydrogens is 280 g/mol. The Balaban J connectivity index is 0.00000361. The van der Waals surface area contributed by atoms with Crippen LogP contribution < -0.4 is 11.5 Å². The summed E-state index contributed by atoms with van der Waals surface area (Å²) in [6.07, 6.45) is 0.413. The first-order valence-corrected chi connectivity index (χ1v) is 6.19. The third-order valence-corrected chi connectivity index (χ3v) is 3.30. The minimum absolute atomic E-state index is 0. The third kappa shape index (κ3) is 4.30. The van der Waals surface area contributed by atoms with Gasteiger partial charge in [-0.05, 0) is 31.9 Å². The number of benzene rings is 1. The van der Waals surface area contributed by atoms with Gasteiger partial charge in [-0.1, -0.05) is 30.3 Å². The minimum atomic E-state index is -1.51. The molecule has 5 N–H and O–H groups in total. The fraction of sp³-hybridized carbons (Fsp3) is 0.429. The van der Waals surface area contributed by atoms with E-state index in [0.717, 1.165) is 5.56 Å². The SMILES string of the molecule is CC(CCN)(C(=O)O)C(=O)C(N)Cc1ccccc1.Cl. The maximum atomic E-state index is 12.2. The van der Waals surface area contributed by atoms with Gasteiger partial charge in [0.25, 0.3) is 0 Å². The van der Waals surface area contributed by atoms with Crippen LogP contribution in [0.1, 0.15) is 18.9 Å². The number of hydrogen-bond donors (Lipinski definition) is 3. The molecule has 0 fully saturated rings. The number of halogens is 1. The molecule has 1 aromatic rings. The first-order valence-electron chi connectivity index (χ1n) is 6.19. The van der Waals surface area contributed by atoms with E-state index in [-0.39, 0.29) is 25.4 Å². The zero-order valence-corrected chi connectivity index (χ0v) is 12.2. The highest BCUT2D eigenvalue weighted by Gasteiger charge is 2.42. The van der Waals surface area contributed by atoms with Crippen molar-refractivity contribution in [3.05, 3.63) is 35.9 Å². The molecular formula is C14H21ClN2O3. The van der Waals surface area contributed by atoms with Gasteiger partial charge in [0.2, 0.25) is 0 Å². The number of Topliss-reactive ketones (excluding diaryl/α,β-unsaturated/α-hetero) is 1. The van der Waals surface area contributed by atoms with Crippen molar-refractivity contribution in [1.82, 2.24) is 0 Å². The highest BCUT2D eigenvalue weighted by atomic mass is 35.5. The molecule has 1 aromatic carbocycles. The van der Waals surface area contributed by atoms with E-state index in [1.807, 2.05) is 30.3 Å². The minimum Gasteiger partial charge on any atom is -0.481 e. The monoisotopic (exact) mass is 300 g/mol. The quantitative estimate of drug-likeness (QED) is 0.651. The van der Waals surface area contributed by atoms with E-state index in [4.69, 9.17) is 11.5 Å². The van der Waals surface area contributed by atoms with Crippen molar-refractivity contribution in [3.8, 4) is 0 Å². The lowest BCUT2D eigenvalue weighted by Crippen LogP contribution is -2.48. The van der Waals surface area contributed by atoms with Gasteiger partial charge < -0.3 is 16.6 Å². The van der Waals surface area contributed by atoms with Crippen molar-refractivity contribution in [2.75, 3.05) is 6.54 Å². The van der Waals surface area contributed by atoms with E-state index >= 15 is 0 Å². The molecule has 0 spiro atoms. The molecule has 2 atom stereocenters. The number of rotatable bonds is 7. The molecule has 6 heteroatoms. The van der Waals surface area contributed by atoms with Crippen molar-refractivity contribution in [1.29, 1.82) is 0 Å². The van der Waals surface area contributed by atoms with Gasteiger partial charge in [-0.25, -0.2) is 0 Å². The van der Waals surface area contributed by atoms with Crippen molar-refractivity contribution >= 4 is 24.2 Å². The second kappa shape index (κ2) is 7.99. The summed E-state index contributed by atoms with van der Waals surface area (Å²) in [5, 5.41) is 9.22. The molecule has 1 rings (SSSR count). The Morgan fingerprint density at radius 2 is 1.85 bits per heavy atom. The van der Waals surface area contributed by atoms with Crippen LogP contribution in [0.5, 0.6) is 0 Å². The summed E-state index contributed by atoms with van der Waals surface area (Å²) in [5.74, 6) is -1.65. The van der Waals surface area contributed by atoms with E-state index in [1.165, 1.54) is 6.92 Å². The number of ketones is 1. The molecule has 20 heavy (non-hydrogen) atoms. The van der Waals surface area contributed by atoms with Crippen molar-refractivity contribution in [2.24, 2.45) is 16.9 Å². The fourth-order valence-electron chi connectivity index (χ4n) is 1.99. The van der Waals surface area contributed by atoms with Gasteiger partial charge in [0, 0.05) is 0 Å². The van der Waals surface area contributed by atoms with Crippen molar-refractivity contribution in [3.63, 3.8) is 0 Å². The molecule has 0 heterocycles. The molecule has 0 aliphatic rings. The van der Waals surface area contributed by atoms with Crippen LogP contribution in [0, 0.1) is 5.41 Å². The van der Waals surface area contributed by atoms with Gasteiger partial charge in [0.15, 0.2) is 5.78 Å². The zero-order chi connectivity index (χ0) is 14.5. The van der Waals surface area contributed by atoms with Crippen molar-refractivity contribution < 1.29 is 14.7 Å². The number of carboxylic acids is 1. The normalized spacial score (nSPS) is 14.8. The maximum absolute atomic E-state index is 12.2. The Morgan fingerprint density at radius 3 is 2.30 bits per heavy atom. The number of hydrogen-bond acceptors (Lipinski definition) is 4. The lowest BCUT2D eigenvalue weighted by Gasteiger charge is -2.26. The van der Waals surface area contributed by atoms with E-state index in [1.54, 1.807) is 0 Å². The van der Waals surface area contributed by atoms with Gasteiger partial charge >= 0.3 is 5.97 Å². The summed E-state index contributed by atoms with van der Waals surface area (Å²) in [5.41, 5.74) is 10.6. The molecule has 0 aliphatic heterocycles. The van der Waals surface area contributed by atoms with Crippen LogP contribution in [0.2, 0.25) is 0 Å². The lowest BCUT2D eigenvalue weighted by molar-refractivity contribution is -0.154. The highest BCUT2D eigenvalue weighted by molar-refractivity contribution is 6.05. The molecule has 112 valence electrons. The molecule has 0 saturated carbocycles. The summed E-state index contributed by atoms with van der Waals surface area (Å²) < 4.78 is 0. The van der Waals surface area contributed by atoms with Crippen LogP contribution in [0.4, 0.5) is 0 Å². The van der Waals surface area contributed by atoms with Gasteiger partial charge in [0.05, 0.1) is 6.04 Å². The predicted octanol–water partition coefficient (Wildman–Crippen LogP) is 0.987. The van der Waals surface area contributed by atoms with E-state index < -0.39 is 23.2 Å². The Labute approximate surface area is 124 Å². The van der Waals surface area contributed by atoms with Crippen LogP contribution in [-0.2, 0) is 16.0 Å². The van der Waals surface area contributed by atoms with E-state index in [0.29, 0.717) is 6.42 Å². The highest BCUT2D eigenvalue weighted by Crippen LogP contribution is 2.24. The van der Waals surface area contributed by atoms with Crippen LogP contribution in [-0.4, -0.2) is 29.4 Å². The summed E-state index contributed by atoms with van der Waals surface area (Å²) in [6.45, 7) is 1.52. The molecule has 0 bridgehead atoms. The van der Waals surface area contributed by atoms with Gasteiger partial charge in [-0.2, -0.15) is 0 Å². The molecule has 2 unspecified atom stereocenters. The maximum Gasteiger partial charge on any atom is 0.317 e. The average molecular weight is 301 g/mol. The average Bonchev–Trinajstić information content (AvgIpc) is 2.38. The Hall–Kier alpha value is -1.43. The Kier molecular flexibility index (Phi) is 7.42. The molecule has 0 amide bonds. The van der Waals surface area contributed by atoms with Crippen LogP contribution in [0.15, 0.2) is 30.3 Å². The zero-order valence-electron chi connectivity index (χ0n) is 11.4. The van der Waals surface area contributed by atoms with Gasteiger partial charge in [0.1, 0.15) is 5.41 Å². The number of carbonyl (C=O) groups excluding carboxylic acids is 1. The molecule has 0 aliphatic carbocycles. The molecule has 0 aromatic heterocycles. The summed E-state index contributed by atoms with van der Waals surface area (Å²) in [7, 11) is 0. The summed E-state index contributed by atoms with van der Waals surface area (Å²) in [4.78, 5) is 23.5. The first-order chi connectivity index (χ1) is 8.91. The van der Waals surface area contributed by atoms with E-state index in [9.17, 15) is 14.7 Å². The fourth-order valence-corrected chi connectivity index (χ4v) is 1.99. The first kappa shape index (κ1) is 18.6. The summed E-state index contributed by atoms with van der Waals surface area (Å²) in [6, 6.07) is 8.44. The molecule has 5 nitrogen and oxygen atoms in total. The standard InChI is InChI=1S/C14H20N2O3.ClH/c1-14(7-8-15,13(18)19)12(17)11(16)9-10-5-3-2-4-6-10;/h2-6,11H,7-9,15-16H2,1H3,(H,18,19);1H. The second-order valence-corrected chi connectivity index (χ2v) is 4.84. The smallest absolute Gasteiger partial charge is 0.317 e. The van der Waals surface area contributed by atoms with E-state index in [2.05, 4.69) is 0 Å². The van der Waals surface area contributed by atoms with Crippen LogP contribution in [0.25, 0.3) is 0 Å². The molecule has 0 radical (unpaired) electrons. The largest absolute Gasteiger partial charge is 0.481 e. The van der Waals surface area contributed by atoms with Gasteiger partial charge in [-0.15, -0.1) is 12.4 Å². The number of carbonyl (C=O) groups is 2.